The first kappa shape index (κ1) is 19.7. The van der Waals surface area contributed by atoms with Gasteiger partial charge in [0, 0.05) is 5.75 Å². The van der Waals surface area contributed by atoms with E-state index in [2.05, 4.69) is 20.8 Å². The molecule has 0 aliphatic heterocycles. The highest BCUT2D eigenvalue weighted by molar-refractivity contribution is 7.92. The van der Waals surface area contributed by atoms with Crippen molar-refractivity contribution in [3.05, 3.63) is 29.3 Å². The molecule has 3 nitrogen and oxygen atoms in total. The van der Waals surface area contributed by atoms with Gasteiger partial charge in [-0.3, -0.25) is 0 Å². The molecule has 0 spiro atoms. The van der Waals surface area contributed by atoms with Crippen molar-refractivity contribution in [3.63, 3.8) is 0 Å². The molecule has 1 fully saturated rings. The van der Waals surface area contributed by atoms with Gasteiger partial charge in [0.15, 0.2) is 9.84 Å². The Kier molecular flexibility index (Phi) is 5.45. The molecule has 2 aliphatic carbocycles. The van der Waals surface area contributed by atoms with Crippen LogP contribution in [0.4, 0.5) is 0 Å². The number of fused-ring (bicyclic) bond motifs is 3. The normalized spacial score (nSPS) is 31.5. The minimum Gasteiger partial charge on any atom is -0.508 e. The van der Waals surface area contributed by atoms with Crippen LogP contribution in [0.3, 0.4) is 0 Å². The third-order valence-electron chi connectivity index (χ3n) is 7.21. The first-order valence-electron chi connectivity index (χ1n) is 10.2. The average Bonchev–Trinajstić information content (AvgIpc) is 2.59. The van der Waals surface area contributed by atoms with Gasteiger partial charge in [0.05, 0.1) is 5.25 Å². The van der Waals surface area contributed by atoms with Crippen molar-refractivity contribution < 1.29 is 13.5 Å². The molecule has 0 aromatic heterocycles. The van der Waals surface area contributed by atoms with Gasteiger partial charge in [-0.2, -0.15) is 0 Å². The minimum atomic E-state index is -3.03. The Morgan fingerprint density at radius 2 is 2.00 bits per heavy atom. The Bertz CT molecular complexity index is 753. The Balaban J connectivity index is 2.01. The molecule has 3 rings (SSSR count). The van der Waals surface area contributed by atoms with E-state index in [0.717, 1.165) is 38.5 Å². The van der Waals surface area contributed by atoms with Crippen LogP contribution in [0.1, 0.15) is 76.8 Å². The van der Waals surface area contributed by atoms with Gasteiger partial charge in [0.25, 0.3) is 0 Å². The highest BCUT2D eigenvalue weighted by Crippen LogP contribution is 2.58. The second-order valence-electron chi connectivity index (χ2n) is 9.15. The molecule has 1 aromatic rings. The zero-order chi connectivity index (χ0) is 19.1. The van der Waals surface area contributed by atoms with Crippen LogP contribution in [0.25, 0.3) is 0 Å². The lowest BCUT2D eigenvalue weighted by molar-refractivity contribution is 0.0575. The molecule has 0 heterocycles. The minimum absolute atomic E-state index is 0.165. The fraction of sp³-hybridized carbons (Fsp3) is 0.727. The fourth-order valence-corrected chi connectivity index (χ4v) is 6.91. The van der Waals surface area contributed by atoms with Crippen LogP contribution in [-0.2, 0) is 16.3 Å². The Labute approximate surface area is 159 Å². The van der Waals surface area contributed by atoms with Crippen molar-refractivity contribution in [2.75, 3.05) is 5.75 Å². The summed E-state index contributed by atoms with van der Waals surface area (Å²) >= 11 is 0. The van der Waals surface area contributed by atoms with Crippen molar-refractivity contribution >= 4 is 9.84 Å². The Hall–Kier alpha value is -1.03. The van der Waals surface area contributed by atoms with Crippen molar-refractivity contribution in [1.29, 1.82) is 0 Å². The predicted molar refractivity (Wildman–Crippen MR) is 107 cm³/mol. The van der Waals surface area contributed by atoms with Crippen molar-refractivity contribution in [1.82, 2.24) is 0 Å². The molecule has 0 unspecified atom stereocenters. The van der Waals surface area contributed by atoms with Crippen LogP contribution in [0.2, 0.25) is 0 Å². The molecule has 0 bridgehead atoms. The number of hydrogen-bond acceptors (Lipinski definition) is 3. The average molecular weight is 379 g/mol. The molecule has 0 radical (unpaired) electrons. The summed E-state index contributed by atoms with van der Waals surface area (Å²) in [6.45, 7) is 8.68. The number of benzene rings is 1. The molecule has 0 saturated heterocycles. The largest absolute Gasteiger partial charge is 0.508 e. The standard InChI is InChI=1S/C22H34O3S/c1-5-26(24,25)19-13-17(7-6-15(2)3)22(4)11-10-16-12-18(23)8-9-20(16)21(22)14-19/h8-9,12,15,17,19,21,23H,5-7,10-11,13-14H2,1-4H3/t17-,19+,21+,22-/m0/s1. The number of hydrogen-bond donors (Lipinski definition) is 1. The second-order valence-corrected chi connectivity index (χ2v) is 11.7. The Morgan fingerprint density at radius 1 is 1.27 bits per heavy atom. The maximum Gasteiger partial charge on any atom is 0.152 e. The van der Waals surface area contributed by atoms with E-state index in [4.69, 9.17) is 0 Å². The lowest BCUT2D eigenvalue weighted by atomic mass is 9.53. The molecular weight excluding hydrogens is 344 g/mol. The highest BCUT2D eigenvalue weighted by Gasteiger charge is 2.51. The van der Waals surface area contributed by atoms with Gasteiger partial charge in [0.1, 0.15) is 5.75 Å². The highest BCUT2D eigenvalue weighted by atomic mass is 32.2. The molecule has 146 valence electrons. The monoisotopic (exact) mass is 378 g/mol. The van der Waals surface area contributed by atoms with E-state index in [1.807, 2.05) is 12.1 Å². The van der Waals surface area contributed by atoms with Gasteiger partial charge >= 0.3 is 0 Å². The van der Waals surface area contributed by atoms with Crippen molar-refractivity contribution in [3.8, 4) is 5.75 Å². The molecule has 1 saturated carbocycles. The van der Waals surface area contributed by atoms with Crippen LogP contribution < -0.4 is 0 Å². The van der Waals surface area contributed by atoms with Gasteiger partial charge < -0.3 is 5.11 Å². The van der Waals surface area contributed by atoms with E-state index in [1.165, 1.54) is 11.1 Å². The maximum absolute atomic E-state index is 12.7. The van der Waals surface area contributed by atoms with Crippen molar-refractivity contribution in [2.45, 2.75) is 77.4 Å². The van der Waals surface area contributed by atoms with Crippen LogP contribution >= 0.6 is 0 Å². The van der Waals surface area contributed by atoms with E-state index in [0.29, 0.717) is 17.6 Å². The fourth-order valence-electron chi connectivity index (χ4n) is 5.42. The second kappa shape index (κ2) is 7.18. The third-order valence-corrected chi connectivity index (χ3v) is 9.42. The summed E-state index contributed by atoms with van der Waals surface area (Å²) < 4.78 is 25.5. The molecule has 0 amide bonds. The van der Waals surface area contributed by atoms with Crippen LogP contribution in [-0.4, -0.2) is 24.5 Å². The molecule has 4 atom stereocenters. The summed E-state index contributed by atoms with van der Waals surface area (Å²) in [6.07, 6.45) is 5.92. The van der Waals surface area contributed by atoms with Gasteiger partial charge in [-0.05, 0) is 78.5 Å². The van der Waals surface area contributed by atoms with Gasteiger partial charge in [-0.1, -0.05) is 40.2 Å². The molecule has 1 aromatic carbocycles. The first-order valence-corrected chi connectivity index (χ1v) is 11.9. The number of phenols is 1. The maximum atomic E-state index is 12.7. The molecule has 2 aliphatic rings. The van der Waals surface area contributed by atoms with Crippen LogP contribution in [0.5, 0.6) is 5.75 Å². The molecular formula is C22H34O3S. The zero-order valence-electron chi connectivity index (χ0n) is 16.7. The predicted octanol–water partition coefficient (Wildman–Crippen LogP) is 5.08. The SMILES string of the molecule is CCS(=O)(=O)[C@@H]1C[C@H](CCC(C)C)[C@]2(C)CCc3cc(O)ccc3[C@H]2C1. The number of sulfone groups is 1. The van der Waals surface area contributed by atoms with Gasteiger partial charge in [-0.25, -0.2) is 8.42 Å². The zero-order valence-corrected chi connectivity index (χ0v) is 17.5. The lowest BCUT2D eigenvalue weighted by Gasteiger charge is -2.53. The summed E-state index contributed by atoms with van der Waals surface area (Å²) in [7, 11) is -3.03. The summed E-state index contributed by atoms with van der Waals surface area (Å²) in [5.41, 5.74) is 2.66. The summed E-state index contributed by atoms with van der Waals surface area (Å²) in [5, 5.41) is 9.65. The van der Waals surface area contributed by atoms with E-state index in [-0.39, 0.29) is 22.3 Å². The van der Waals surface area contributed by atoms with Crippen molar-refractivity contribution in [2.24, 2.45) is 17.3 Å². The quantitative estimate of drug-likeness (QED) is 0.777. The van der Waals surface area contributed by atoms with Gasteiger partial charge in [-0.15, -0.1) is 0 Å². The molecule has 26 heavy (non-hydrogen) atoms. The van der Waals surface area contributed by atoms with E-state index < -0.39 is 9.84 Å². The smallest absolute Gasteiger partial charge is 0.152 e. The topological polar surface area (TPSA) is 54.4 Å². The summed E-state index contributed by atoms with van der Waals surface area (Å²) in [4.78, 5) is 0. The third kappa shape index (κ3) is 3.54. The number of aryl methyl sites for hydroxylation is 1. The van der Waals surface area contributed by atoms with E-state index >= 15 is 0 Å². The summed E-state index contributed by atoms with van der Waals surface area (Å²) in [6, 6.07) is 5.70. The first-order chi connectivity index (χ1) is 12.2. The number of aromatic hydroxyl groups is 1. The van der Waals surface area contributed by atoms with Crippen LogP contribution in [0.15, 0.2) is 18.2 Å². The van der Waals surface area contributed by atoms with E-state index in [9.17, 15) is 13.5 Å². The number of phenolic OH excluding ortho intramolecular Hbond substituents is 1. The molecule has 1 N–H and O–H groups in total. The van der Waals surface area contributed by atoms with Crippen LogP contribution in [0, 0.1) is 17.3 Å². The Morgan fingerprint density at radius 3 is 2.65 bits per heavy atom. The van der Waals surface area contributed by atoms with E-state index in [1.54, 1.807) is 13.0 Å². The number of rotatable bonds is 5. The molecule has 4 heteroatoms. The summed E-state index contributed by atoms with van der Waals surface area (Å²) in [5.74, 6) is 1.94. The lowest BCUT2D eigenvalue weighted by Crippen LogP contribution is -2.47. The van der Waals surface area contributed by atoms with Gasteiger partial charge in [0.2, 0.25) is 0 Å².